The summed E-state index contributed by atoms with van der Waals surface area (Å²) in [5, 5.41) is 8.84. The molecular weight excluding hydrogens is 374 g/mol. The molecule has 0 atom stereocenters. The monoisotopic (exact) mass is 419 g/mol. The Morgan fingerprint density at radius 1 is 0.581 bits per heavy atom. The zero-order valence-electron chi connectivity index (χ0n) is 20.2. The Morgan fingerprint density at radius 2 is 1.13 bits per heavy atom. The van der Waals surface area contributed by atoms with Crippen molar-refractivity contribution in [3.05, 3.63) is 70.8 Å². The molecule has 0 aromatic heterocycles. The number of benzene rings is 2. The topological polar surface area (TPSA) is 23.9 Å². The Morgan fingerprint density at radius 3 is 1.77 bits per heavy atom. The van der Waals surface area contributed by atoms with E-state index < -0.39 is 0 Å². The SMILES string of the molecule is CCCCCCCCCCCCc1cccc(C(=N)c2ccccc2)c1CCCCC. The summed E-state index contributed by atoms with van der Waals surface area (Å²) in [5.74, 6) is 0. The van der Waals surface area contributed by atoms with Gasteiger partial charge in [0.05, 0.1) is 5.71 Å². The molecule has 0 heterocycles. The molecule has 2 aromatic carbocycles. The van der Waals surface area contributed by atoms with Crippen LogP contribution in [0.2, 0.25) is 0 Å². The third-order valence-corrected chi connectivity index (χ3v) is 6.43. The average Bonchev–Trinajstić information content (AvgIpc) is 2.81. The molecule has 0 radical (unpaired) electrons. The Bertz CT molecular complexity index is 731. The molecule has 0 spiro atoms. The molecule has 0 fully saturated rings. The molecule has 170 valence electrons. The van der Waals surface area contributed by atoms with E-state index in [1.54, 1.807) is 0 Å². The molecule has 1 heteroatoms. The Hall–Kier alpha value is -1.89. The summed E-state index contributed by atoms with van der Waals surface area (Å²) in [6, 6.07) is 16.9. The predicted octanol–water partition coefficient (Wildman–Crippen LogP) is 9.30. The molecule has 1 nitrogen and oxygen atoms in total. The van der Waals surface area contributed by atoms with E-state index >= 15 is 0 Å². The van der Waals surface area contributed by atoms with Crippen LogP contribution in [0.4, 0.5) is 0 Å². The maximum Gasteiger partial charge on any atom is 0.0687 e. The lowest BCUT2D eigenvalue weighted by Crippen LogP contribution is -2.08. The maximum atomic E-state index is 8.84. The molecule has 2 aromatic rings. The fourth-order valence-electron chi connectivity index (χ4n) is 4.51. The third-order valence-electron chi connectivity index (χ3n) is 6.43. The highest BCUT2D eigenvalue weighted by Crippen LogP contribution is 2.23. The van der Waals surface area contributed by atoms with Crippen LogP contribution in [0.15, 0.2) is 48.5 Å². The van der Waals surface area contributed by atoms with E-state index in [1.165, 1.54) is 94.6 Å². The van der Waals surface area contributed by atoms with Crippen molar-refractivity contribution in [2.75, 3.05) is 0 Å². The molecular formula is C30H45N. The van der Waals surface area contributed by atoms with E-state index in [0.29, 0.717) is 5.71 Å². The second-order valence-electron chi connectivity index (χ2n) is 9.07. The van der Waals surface area contributed by atoms with Crippen molar-refractivity contribution in [1.29, 1.82) is 5.41 Å². The molecule has 0 saturated heterocycles. The first-order valence-electron chi connectivity index (χ1n) is 13.0. The van der Waals surface area contributed by atoms with Gasteiger partial charge in [-0.2, -0.15) is 0 Å². The van der Waals surface area contributed by atoms with Crippen LogP contribution < -0.4 is 0 Å². The van der Waals surface area contributed by atoms with Crippen LogP contribution in [0, 0.1) is 5.41 Å². The van der Waals surface area contributed by atoms with Gasteiger partial charge >= 0.3 is 0 Å². The van der Waals surface area contributed by atoms with E-state index in [0.717, 1.165) is 24.0 Å². The number of rotatable bonds is 17. The van der Waals surface area contributed by atoms with Crippen LogP contribution in [0.3, 0.4) is 0 Å². The minimum absolute atomic E-state index is 0.678. The standard InChI is InChI=1S/C30H45N/c1-3-5-7-8-9-10-11-12-13-16-20-26-23-19-25-29(28(26)24-15-6-4-2)30(31)27-21-17-14-18-22-27/h14,17-19,21-23,25,31H,3-13,15-16,20,24H2,1-2H3. The van der Waals surface area contributed by atoms with Crippen molar-refractivity contribution < 1.29 is 0 Å². The van der Waals surface area contributed by atoms with Crippen molar-refractivity contribution in [2.24, 2.45) is 0 Å². The lowest BCUT2D eigenvalue weighted by atomic mass is 9.89. The van der Waals surface area contributed by atoms with Crippen molar-refractivity contribution in [3.63, 3.8) is 0 Å². The van der Waals surface area contributed by atoms with Crippen molar-refractivity contribution in [2.45, 2.75) is 110 Å². The van der Waals surface area contributed by atoms with Crippen LogP contribution in [-0.2, 0) is 12.8 Å². The number of hydrogen-bond donors (Lipinski definition) is 1. The van der Waals surface area contributed by atoms with E-state index in [9.17, 15) is 0 Å². The third kappa shape index (κ3) is 9.42. The van der Waals surface area contributed by atoms with Gasteiger partial charge < -0.3 is 0 Å². The van der Waals surface area contributed by atoms with Gasteiger partial charge in [-0.15, -0.1) is 0 Å². The largest absolute Gasteiger partial charge is 0.300 e. The molecule has 2 rings (SSSR count). The van der Waals surface area contributed by atoms with Crippen molar-refractivity contribution in [1.82, 2.24) is 0 Å². The maximum absolute atomic E-state index is 8.84. The van der Waals surface area contributed by atoms with Crippen molar-refractivity contribution in [3.8, 4) is 0 Å². The second-order valence-corrected chi connectivity index (χ2v) is 9.07. The summed E-state index contributed by atoms with van der Waals surface area (Å²) >= 11 is 0. The van der Waals surface area contributed by atoms with Crippen LogP contribution in [0.1, 0.15) is 120 Å². The van der Waals surface area contributed by atoms with Gasteiger partial charge in [0.2, 0.25) is 0 Å². The number of nitrogens with one attached hydrogen (secondary N) is 1. The molecule has 0 bridgehead atoms. The smallest absolute Gasteiger partial charge is 0.0687 e. The molecule has 0 unspecified atom stereocenters. The fourth-order valence-corrected chi connectivity index (χ4v) is 4.51. The summed E-state index contributed by atoms with van der Waals surface area (Å²) in [5.41, 5.74) is 5.76. The van der Waals surface area contributed by atoms with Crippen molar-refractivity contribution >= 4 is 5.71 Å². The minimum atomic E-state index is 0.678. The molecule has 0 aliphatic rings. The highest BCUT2D eigenvalue weighted by Gasteiger charge is 2.13. The van der Waals surface area contributed by atoms with Gasteiger partial charge in [-0.1, -0.05) is 133 Å². The van der Waals surface area contributed by atoms with Gasteiger partial charge in [0.1, 0.15) is 0 Å². The van der Waals surface area contributed by atoms with Gasteiger partial charge in [0, 0.05) is 11.1 Å². The molecule has 0 aliphatic carbocycles. The highest BCUT2D eigenvalue weighted by atomic mass is 14.4. The first-order valence-corrected chi connectivity index (χ1v) is 13.0. The van der Waals surface area contributed by atoms with Crippen LogP contribution in [0.25, 0.3) is 0 Å². The summed E-state index contributed by atoms with van der Waals surface area (Å²) in [6.45, 7) is 4.55. The Kier molecular flexibility index (Phi) is 13.0. The molecule has 0 amide bonds. The summed E-state index contributed by atoms with van der Waals surface area (Å²) in [7, 11) is 0. The summed E-state index contributed by atoms with van der Waals surface area (Å²) < 4.78 is 0. The van der Waals surface area contributed by atoms with Crippen LogP contribution in [-0.4, -0.2) is 5.71 Å². The quantitative estimate of drug-likeness (QED) is 0.195. The Labute approximate surface area is 192 Å². The molecule has 1 N–H and O–H groups in total. The molecule has 0 aliphatic heterocycles. The molecule has 31 heavy (non-hydrogen) atoms. The normalized spacial score (nSPS) is 11.0. The number of aryl methyl sites for hydroxylation is 1. The van der Waals surface area contributed by atoms with Gasteiger partial charge in [-0.25, -0.2) is 0 Å². The fraction of sp³-hybridized carbons (Fsp3) is 0.567. The summed E-state index contributed by atoms with van der Waals surface area (Å²) in [6.07, 6.45) is 19.8. The molecule has 0 saturated carbocycles. The zero-order valence-corrected chi connectivity index (χ0v) is 20.2. The first-order chi connectivity index (χ1) is 15.3. The van der Waals surface area contributed by atoms with Gasteiger partial charge in [-0.3, -0.25) is 5.41 Å². The second kappa shape index (κ2) is 15.8. The van der Waals surface area contributed by atoms with Gasteiger partial charge in [0.15, 0.2) is 0 Å². The van der Waals surface area contributed by atoms with Gasteiger partial charge in [-0.05, 0) is 36.8 Å². The summed E-state index contributed by atoms with van der Waals surface area (Å²) in [4.78, 5) is 0. The number of unbranched alkanes of at least 4 members (excludes halogenated alkanes) is 11. The van der Waals surface area contributed by atoms with E-state index in [-0.39, 0.29) is 0 Å². The van der Waals surface area contributed by atoms with Crippen LogP contribution in [0.5, 0.6) is 0 Å². The highest BCUT2D eigenvalue weighted by molar-refractivity contribution is 6.11. The minimum Gasteiger partial charge on any atom is -0.300 e. The Balaban J connectivity index is 1.90. The predicted molar refractivity (Wildman–Crippen MR) is 138 cm³/mol. The first kappa shape index (κ1) is 25.4. The average molecular weight is 420 g/mol. The van der Waals surface area contributed by atoms with E-state index in [1.807, 2.05) is 18.2 Å². The van der Waals surface area contributed by atoms with E-state index in [2.05, 4.69) is 44.2 Å². The number of hydrogen-bond acceptors (Lipinski definition) is 1. The lowest BCUT2D eigenvalue weighted by molar-refractivity contribution is 0.556. The van der Waals surface area contributed by atoms with E-state index in [4.69, 9.17) is 5.41 Å². The lowest BCUT2D eigenvalue weighted by Gasteiger charge is -2.16. The van der Waals surface area contributed by atoms with Gasteiger partial charge in [0.25, 0.3) is 0 Å². The zero-order chi connectivity index (χ0) is 22.2. The van der Waals surface area contributed by atoms with Crippen LogP contribution >= 0.6 is 0 Å².